The summed E-state index contributed by atoms with van der Waals surface area (Å²) < 4.78 is 20.8. The Balaban J connectivity index is 2.11. The quantitative estimate of drug-likeness (QED) is 0.535. The molecule has 1 heterocycles. The Bertz CT molecular complexity index is 811. The zero-order chi connectivity index (χ0) is 19.1. The average Bonchev–Trinajstić information content (AvgIpc) is 2.96. The van der Waals surface area contributed by atoms with E-state index >= 15 is 0 Å². The Hall–Kier alpha value is -2.88. The van der Waals surface area contributed by atoms with Crippen LogP contribution >= 0.6 is 11.8 Å². The number of nitrogens with one attached hydrogen (secondary N) is 1. The van der Waals surface area contributed by atoms with Crippen LogP contribution in [0.15, 0.2) is 42.1 Å². The second-order valence-electron chi connectivity index (χ2n) is 5.13. The number of carbonyl (C=O) groups is 2. The summed E-state index contributed by atoms with van der Waals surface area (Å²) in [5.74, 6) is -0.476. The van der Waals surface area contributed by atoms with Gasteiger partial charge in [-0.3, -0.25) is 14.7 Å². The monoisotopic (exact) mass is 379 g/mol. The van der Waals surface area contributed by atoms with Crippen molar-refractivity contribution in [3.63, 3.8) is 0 Å². The highest BCUT2D eigenvalue weighted by Crippen LogP contribution is 2.23. The number of imide groups is 1. The van der Waals surface area contributed by atoms with Crippen molar-refractivity contribution in [1.29, 1.82) is 0 Å². The summed E-state index contributed by atoms with van der Waals surface area (Å²) in [4.78, 5) is 22.6. The zero-order valence-electron chi connectivity index (χ0n) is 14.0. The summed E-state index contributed by atoms with van der Waals surface area (Å²) in [7, 11) is 0. The number of halogens is 1. The third-order valence-corrected chi connectivity index (χ3v) is 4.28. The van der Waals surface area contributed by atoms with E-state index in [0.29, 0.717) is 17.5 Å². The summed E-state index contributed by atoms with van der Waals surface area (Å²) in [6.07, 6.45) is 1.63. The number of hydrogen-bond acceptors (Lipinski definition) is 6. The number of para-hydroxylation sites is 1. The molecule has 0 aliphatic rings. The summed E-state index contributed by atoms with van der Waals surface area (Å²) >= 11 is 1.10. The van der Waals surface area contributed by atoms with Gasteiger partial charge < -0.3 is 10.5 Å². The maximum Gasteiger partial charge on any atom is 0.318 e. The first-order valence-electron chi connectivity index (χ1n) is 7.59. The van der Waals surface area contributed by atoms with Crippen LogP contribution in [-0.2, 0) is 17.9 Å². The molecule has 138 valence electrons. The Morgan fingerprint density at radius 2 is 2.19 bits per heavy atom. The van der Waals surface area contributed by atoms with Crippen molar-refractivity contribution in [2.24, 2.45) is 5.73 Å². The number of benzene rings is 1. The van der Waals surface area contributed by atoms with Gasteiger partial charge in [-0.1, -0.05) is 30.0 Å². The van der Waals surface area contributed by atoms with Crippen LogP contribution in [0, 0.1) is 5.82 Å². The molecule has 0 aliphatic carbocycles. The van der Waals surface area contributed by atoms with Gasteiger partial charge in [-0.2, -0.15) is 0 Å². The molecule has 1 unspecified atom stereocenters. The molecular weight excluding hydrogens is 361 g/mol. The number of carbonyl (C=O) groups excluding carboxylic acids is 2. The van der Waals surface area contributed by atoms with Crippen molar-refractivity contribution >= 4 is 23.7 Å². The van der Waals surface area contributed by atoms with E-state index in [1.54, 1.807) is 29.7 Å². The molecule has 0 aliphatic heterocycles. The van der Waals surface area contributed by atoms with E-state index in [0.717, 1.165) is 11.8 Å². The molecule has 0 radical (unpaired) electrons. The first-order valence-corrected chi connectivity index (χ1v) is 8.47. The van der Waals surface area contributed by atoms with Crippen LogP contribution in [0.2, 0.25) is 0 Å². The molecule has 1 aromatic heterocycles. The van der Waals surface area contributed by atoms with E-state index in [4.69, 9.17) is 10.5 Å². The number of primary amides is 1. The predicted octanol–water partition coefficient (Wildman–Crippen LogP) is 1.86. The number of hydrogen-bond donors (Lipinski definition) is 2. The maximum atomic E-state index is 13.6. The first kappa shape index (κ1) is 19.4. The molecule has 0 saturated carbocycles. The summed E-state index contributed by atoms with van der Waals surface area (Å²) in [6.45, 7) is 5.64. The van der Waals surface area contributed by atoms with Crippen LogP contribution in [-0.4, -0.2) is 32.0 Å². The molecule has 2 rings (SSSR count). The van der Waals surface area contributed by atoms with Gasteiger partial charge in [0.05, 0.1) is 5.25 Å². The lowest BCUT2D eigenvalue weighted by molar-refractivity contribution is -0.119. The van der Waals surface area contributed by atoms with Gasteiger partial charge in [-0.25, -0.2) is 9.18 Å². The fourth-order valence-electron chi connectivity index (χ4n) is 1.96. The molecule has 3 amide bonds. The lowest BCUT2D eigenvalue weighted by Crippen LogP contribution is -2.39. The van der Waals surface area contributed by atoms with Crippen LogP contribution in [0.5, 0.6) is 5.75 Å². The third kappa shape index (κ3) is 5.06. The van der Waals surface area contributed by atoms with Gasteiger partial charge in [0.2, 0.25) is 5.91 Å². The molecule has 3 N–H and O–H groups in total. The number of nitrogens with two attached hydrogens (primary N) is 1. The standard InChI is InChI=1S/C16H18FN5O3S/c1-3-8-22-13(9-25-12-7-5-4-6-11(12)17)20-21-16(22)26-10(2)14(23)19-15(18)24/h3-7,10H,1,8-9H2,2H3,(H3,18,19,23,24). The Morgan fingerprint density at radius 1 is 1.46 bits per heavy atom. The lowest BCUT2D eigenvalue weighted by Gasteiger charge is -2.12. The average molecular weight is 379 g/mol. The minimum Gasteiger partial charge on any atom is -0.483 e. The van der Waals surface area contributed by atoms with Crippen molar-refractivity contribution in [3.05, 3.63) is 48.6 Å². The number of allylic oxidation sites excluding steroid dienone is 1. The van der Waals surface area contributed by atoms with E-state index < -0.39 is 23.0 Å². The molecular formula is C16H18FN5O3S. The molecule has 0 spiro atoms. The van der Waals surface area contributed by atoms with Gasteiger partial charge in [0.25, 0.3) is 0 Å². The topological polar surface area (TPSA) is 112 Å². The second-order valence-corrected chi connectivity index (χ2v) is 6.44. The van der Waals surface area contributed by atoms with Crippen molar-refractivity contribution in [1.82, 2.24) is 20.1 Å². The summed E-state index contributed by atoms with van der Waals surface area (Å²) in [5.41, 5.74) is 4.94. The number of urea groups is 1. The van der Waals surface area contributed by atoms with Gasteiger partial charge in [-0.15, -0.1) is 16.8 Å². The number of aromatic nitrogens is 3. The van der Waals surface area contributed by atoms with Crippen LogP contribution in [0.4, 0.5) is 9.18 Å². The van der Waals surface area contributed by atoms with Crippen molar-refractivity contribution < 1.29 is 18.7 Å². The van der Waals surface area contributed by atoms with Gasteiger partial charge in [0.1, 0.15) is 6.61 Å². The fourth-order valence-corrected chi connectivity index (χ4v) is 2.84. The number of amides is 3. The van der Waals surface area contributed by atoms with E-state index in [-0.39, 0.29) is 12.4 Å². The van der Waals surface area contributed by atoms with Gasteiger partial charge in [0, 0.05) is 6.54 Å². The van der Waals surface area contributed by atoms with Crippen LogP contribution < -0.4 is 15.8 Å². The first-order chi connectivity index (χ1) is 12.4. The Labute approximate surface area is 153 Å². The number of thioether (sulfide) groups is 1. The second kappa shape index (κ2) is 8.99. The molecule has 2 aromatic rings. The lowest BCUT2D eigenvalue weighted by atomic mass is 10.3. The predicted molar refractivity (Wildman–Crippen MR) is 94.0 cm³/mol. The van der Waals surface area contributed by atoms with Crippen LogP contribution in [0.1, 0.15) is 12.7 Å². The molecule has 0 bridgehead atoms. The van der Waals surface area contributed by atoms with E-state index in [1.165, 1.54) is 12.1 Å². The van der Waals surface area contributed by atoms with Gasteiger partial charge >= 0.3 is 6.03 Å². The molecule has 8 nitrogen and oxygen atoms in total. The number of nitrogens with zero attached hydrogens (tertiary/aromatic N) is 3. The van der Waals surface area contributed by atoms with E-state index in [9.17, 15) is 14.0 Å². The largest absolute Gasteiger partial charge is 0.483 e. The fraction of sp³-hybridized carbons (Fsp3) is 0.250. The minimum absolute atomic E-state index is 0.00973. The molecule has 0 fully saturated rings. The van der Waals surface area contributed by atoms with E-state index in [2.05, 4.69) is 16.8 Å². The summed E-state index contributed by atoms with van der Waals surface area (Å²) in [6, 6.07) is 5.11. The highest BCUT2D eigenvalue weighted by Gasteiger charge is 2.21. The van der Waals surface area contributed by atoms with Crippen LogP contribution in [0.3, 0.4) is 0 Å². The SMILES string of the molecule is C=CCn1c(COc2ccccc2F)nnc1SC(C)C(=O)NC(N)=O. The Kier molecular flexibility index (Phi) is 6.73. The van der Waals surface area contributed by atoms with E-state index in [1.807, 2.05) is 5.32 Å². The van der Waals surface area contributed by atoms with Crippen molar-refractivity contribution in [2.75, 3.05) is 0 Å². The maximum absolute atomic E-state index is 13.6. The van der Waals surface area contributed by atoms with Crippen molar-refractivity contribution in [2.45, 2.75) is 30.5 Å². The molecule has 1 aromatic carbocycles. The molecule has 10 heteroatoms. The number of ether oxygens (including phenoxy) is 1. The molecule has 26 heavy (non-hydrogen) atoms. The van der Waals surface area contributed by atoms with Gasteiger partial charge in [-0.05, 0) is 19.1 Å². The zero-order valence-corrected chi connectivity index (χ0v) is 14.8. The molecule has 0 saturated heterocycles. The highest BCUT2D eigenvalue weighted by atomic mass is 32.2. The smallest absolute Gasteiger partial charge is 0.318 e. The third-order valence-electron chi connectivity index (χ3n) is 3.20. The van der Waals surface area contributed by atoms with Crippen molar-refractivity contribution in [3.8, 4) is 5.75 Å². The normalized spacial score (nSPS) is 11.6. The van der Waals surface area contributed by atoms with Gasteiger partial charge in [0.15, 0.2) is 22.5 Å². The Morgan fingerprint density at radius 3 is 2.85 bits per heavy atom. The highest BCUT2D eigenvalue weighted by molar-refractivity contribution is 8.00. The molecule has 1 atom stereocenters. The van der Waals surface area contributed by atoms with Crippen LogP contribution in [0.25, 0.3) is 0 Å². The summed E-state index contributed by atoms with van der Waals surface area (Å²) in [5, 5.41) is 9.87. The minimum atomic E-state index is -0.922. The number of rotatable bonds is 8.